The minimum Gasteiger partial charge on any atom is -0.465 e. The molecule has 0 spiro atoms. The Labute approximate surface area is 137 Å². The number of nitrogens with one attached hydrogen (secondary N) is 1. The molecular formula is C15H23N3O4S. The number of nitrogens with zero attached hydrogens (tertiary/aromatic N) is 2. The van der Waals surface area contributed by atoms with Crippen LogP contribution < -0.4 is 9.62 Å². The van der Waals surface area contributed by atoms with Crippen molar-refractivity contribution in [2.75, 3.05) is 29.0 Å². The summed E-state index contributed by atoms with van der Waals surface area (Å²) in [5.74, 6) is 0.317. The second kappa shape index (κ2) is 7.16. The molecule has 1 saturated heterocycles. The fraction of sp³-hybridized carbons (Fsp3) is 0.600. The molecule has 23 heavy (non-hydrogen) atoms. The number of sulfonamides is 1. The maximum atomic E-state index is 12.3. The van der Waals surface area contributed by atoms with Crippen molar-refractivity contribution in [2.45, 2.75) is 39.2 Å². The maximum absolute atomic E-state index is 12.3. The molecule has 128 valence electrons. The van der Waals surface area contributed by atoms with E-state index >= 15 is 0 Å². The summed E-state index contributed by atoms with van der Waals surface area (Å²) in [4.78, 5) is 16.3. The van der Waals surface area contributed by atoms with Gasteiger partial charge in [-0.3, -0.25) is 4.31 Å². The predicted octanol–water partition coefficient (Wildman–Crippen LogP) is 2.01. The minimum atomic E-state index is -3.39. The van der Waals surface area contributed by atoms with Gasteiger partial charge in [-0.25, -0.2) is 18.2 Å². The van der Waals surface area contributed by atoms with Crippen molar-refractivity contribution < 1.29 is 17.9 Å². The van der Waals surface area contributed by atoms with Crippen molar-refractivity contribution >= 4 is 27.6 Å². The van der Waals surface area contributed by atoms with Crippen LogP contribution in [0.5, 0.6) is 0 Å². The maximum Gasteiger partial charge on any atom is 0.338 e. The zero-order valence-electron chi connectivity index (χ0n) is 13.7. The smallest absolute Gasteiger partial charge is 0.338 e. The van der Waals surface area contributed by atoms with Crippen LogP contribution in [0, 0.1) is 0 Å². The lowest BCUT2D eigenvalue weighted by Gasteiger charge is -2.28. The third kappa shape index (κ3) is 4.13. The highest BCUT2D eigenvalue weighted by Gasteiger charge is 2.28. The predicted molar refractivity (Wildman–Crippen MR) is 89.3 cm³/mol. The summed E-state index contributed by atoms with van der Waals surface area (Å²) < 4.78 is 30.6. The van der Waals surface area contributed by atoms with Gasteiger partial charge in [0, 0.05) is 12.6 Å². The van der Waals surface area contributed by atoms with Crippen LogP contribution in [0.15, 0.2) is 12.1 Å². The van der Waals surface area contributed by atoms with Crippen molar-refractivity contribution in [3.8, 4) is 0 Å². The molecule has 0 amide bonds. The van der Waals surface area contributed by atoms with Gasteiger partial charge in [0.05, 0.1) is 18.4 Å². The Balaban J connectivity index is 2.45. The van der Waals surface area contributed by atoms with E-state index in [1.165, 1.54) is 17.5 Å². The van der Waals surface area contributed by atoms with E-state index in [-0.39, 0.29) is 23.2 Å². The first-order valence-electron chi connectivity index (χ1n) is 7.74. The Kier molecular flexibility index (Phi) is 5.46. The minimum absolute atomic E-state index is 0.102. The normalized spacial score (nSPS) is 18.3. The molecule has 1 fully saturated rings. The van der Waals surface area contributed by atoms with Crippen molar-refractivity contribution in [3.63, 3.8) is 0 Å². The molecule has 1 aliphatic heterocycles. The summed E-state index contributed by atoms with van der Waals surface area (Å²) in [6.07, 6.45) is 2.30. The number of ether oxygens (including phenoxy) is 1. The quantitative estimate of drug-likeness (QED) is 0.824. The van der Waals surface area contributed by atoms with E-state index in [1.807, 2.05) is 13.8 Å². The van der Waals surface area contributed by atoms with E-state index in [0.29, 0.717) is 18.8 Å². The third-order valence-corrected chi connectivity index (χ3v) is 5.69. The molecule has 0 bridgehead atoms. The Morgan fingerprint density at radius 3 is 2.78 bits per heavy atom. The van der Waals surface area contributed by atoms with Crippen LogP contribution in [-0.2, 0) is 14.8 Å². The van der Waals surface area contributed by atoms with Gasteiger partial charge in [-0.2, -0.15) is 0 Å². The monoisotopic (exact) mass is 341 g/mol. The van der Waals surface area contributed by atoms with Gasteiger partial charge in [-0.05, 0) is 38.3 Å². The van der Waals surface area contributed by atoms with E-state index in [4.69, 9.17) is 4.74 Å². The number of hydrogen-bond acceptors (Lipinski definition) is 6. The molecule has 0 aliphatic carbocycles. The Morgan fingerprint density at radius 2 is 2.17 bits per heavy atom. The molecule has 0 saturated carbocycles. The molecule has 7 nitrogen and oxygen atoms in total. The Morgan fingerprint density at radius 1 is 1.43 bits per heavy atom. The lowest BCUT2D eigenvalue weighted by Crippen LogP contribution is -2.38. The number of pyridine rings is 1. The van der Waals surface area contributed by atoms with Gasteiger partial charge in [-0.1, -0.05) is 6.92 Å². The summed E-state index contributed by atoms with van der Waals surface area (Å²) in [6, 6.07) is 3.20. The number of aromatic nitrogens is 1. The molecule has 1 atom stereocenters. The van der Waals surface area contributed by atoms with Gasteiger partial charge in [-0.15, -0.1) is 0 Å². The van der Waals surface area contributed by atoms with Crippen LogP contribution in [0.4, 0.5) is 11.6 Å². The lowest BCUT2D eigenvalue weighted by molar-refractivity contribution is 0.0600. The fourth-order valence-electron chi connectivity index (χ4n) is 2.35. The fourth-order valence-corrected chi connectivity index (χ4v) is 3.93. The van der Waals surface area contributed by atoms with E-state index in [2.05, 4.69) is 10.3 Å². The molecule has 0 radical (unpaired) electrons. The first-order chi connectivity index (χ1) is 10.9. The molecule has 1 N–H and O–H groups in total. The van der Waals surface area contributed by atoms with Crippen molar-refractivity contribution in [3.05, 3.63) is 17.7 Å². The molecule has 8 heteroatoms. The molecular weight excluding hydrogens is 318 g/mol. The third-order valence-electron chi connectivity index (χ3n) is 3.84. The molecule has 1 aromatic heterocycles. The number of hydrogen-bond donors (Lipinski definition) is 1. The largest absolute Gasteiger partial charge is 0.465 e. The van der Waals surface area contributed by atoms with Gasteiger partial charge >= 0.3 is 5.97 Å². The molecule has 1 aromatic rings. The lowest BCUT2D eigenvalue weighted by atomic mass is 10.2. The zero-order valence-corrected chi connectivity index (χ0v) is 14.5. The first kappa shape index (κ1) is 17.5. The van der Waals surface area contributed by atoms with Crippen LogP contribution >= 0.6 is 0 Å². The number of carbonyl (C=O) groups is 1. The van der Waals surface area contributed by atoms with Gasteiger partial charge in [0.15, 0.2) is 0 Å². The second-order valence-corrected chi connectivity index (χ2v) is 7.65. The SMILES string of the molecule is CCC(C)Nc1cc(C(=O)OC)cc(N2CCCCS2(=O)=O)n1. The Bertz CT molecular complexity index is 675. The topological polar surface area (TPSA) is 88.6 Å². The van der Waals surface area contributed by atoms with Gasteiger partial charge in [0.25, 0.3) is 0 Å². The Hall–Kier alpha value is -1.83. The van der Waals surface area contributed by atoms with E-state index < -0.39 is 16.0 Å². The summed E-state index contributed by atoms with van der Waals surface area (Å²) in [5, 5.41) is 3.18. The van der Waals surface area contributed by atoms with Crippen molar-refractivity contribution in [2.24, 2.45) is 0 Å². The average molecular weight is 341 g/mol. The van der Waals surface area contributed by atoms with E-state index in [9.17, 15) is 13.2 Å². The van der Waals surface area contributed by atoms with E-state index in [1.54, 1.807) is 6.07 Å². The van der Waals surface area contributed by atoms with E-state index in [0.717, 1.165) is 12.8 Å². The summed E-state index contributed by atoms with van der Waals surface area (Å²) >= 11 is 0. The molecule has 2 rings (SSSR count). The van der Waals surface area contributed by atoms with Crippen LogP contribution in [0.3, 0.4) is 0 Å². The highest BCUT2D eigenvalue weighted by Crippen LogP contribution is 2.25. The summed E-state index contributed by atoms with van der Waals surface area (Å²) in [5.41, 5.74) is 0.282. The molecule has 0 aromatic carbocycles. The highest BCUT2D eigenvalue weighted by atomic mass is 32.2. The van der Waals surface area contributed by atoms with Crippen molar-refractivity contribution in [1.29, 1.82) is 0 Å². The molecule has 1 aliphatic rings. The molecule has 2 heterocycles. The van der Waals surface area contributed by atoms with Gasteiger partial charge in [0.2, 0.25) is 10.0 Å². The number of rotatable bonds is 5. The standard InChI is InChI=1S/C15H23N3O4S/c1-4-11(2)16-13-9-12(15(19)22-3)10-14(17-13)18-7-5-6-8-23(18,20)21/h9-11H,4-8H2,1-3H3,(H,16,17). The molecule has 1 unspecified atom stereocenters. The first-order valence-corrected chi connectivity index (χ1v) is 9.35. The van der Waals surface area contributed by atoms with Gasteiger partial charge < -0.3 is 10.1 Å². The average Bonchev–Trinajstić information content (AvgIpc) is 2.53. The van der Waals surface area contributed by atoms with Crippen LogP contribution in [0.25, 0.3) is 0 Å². The van der Waals surface area contributed by atoms with Crippen molar-refractivity contribution in [1.82, 2.24) is 4.98 Å². The van der Waals surface area contributed by atoms with Crippen LogP contribution in [-0.4, -0.2) is 44.8 Å². The van der Waals surface area contributed by atoms with Crippen LogP contribution in [0.2, 0.25) is 0 Å². The summed E-state index contributed by atoms with van der Waals surface area (Å²) in [6.45, 7) is 4.39. The van der Waals surface area contributed by atoms with Crippen LogP contribution in [0.1, 0.15) is 43.5 Å². The number of carbonyl (C=O) groups excluding carboxylic acids is 1. The number of esters is 1. The number of anilines is 2. The highest BCUT2D eigenvalue weighted by molar-refractivity contribution is 7.92. The number of methoxy groups -OCH3 is 1. The second-order valence-electron chi connectivity index (χ2n) is 5.64. The van der Waals surface area contributed by atoms with Gasteiger partial charge in [0.1, 0.15) is 11.6 Å². The zero-order chi connectivity index (χ0) is 17.0. The summed E-state index contributed by atoms with van der Waals surface area (Å²) in [7, 11) is -2.09.